The van der Waals surface area contributed by atoms with Crippen molar-refractivity contribution in [2.75, 3.05) is 56.0 Å². The molecular weight excluding hydrogens is 962 g/mol. The monoisotopic (exact) mass is 1020 g/mol. The van der Waals surface area contributed by atoms with Crippen LogP contribution in [-0.4, -0.2) is 103 Å². The molecule has 20 heteroatoms. The Morgan fingerprint density at radius 1 is 0.930 bits per heavy atom. The number of halogens is 3. The van der Waals surface area contributed by atoms with Gasteiger partial charge in [-0.05, 0) is 111 Å². The van der Waals surface area contributed by atoms with Crippen molar-refractivity contribution in [1.82, 2.24) is 15.6 Å². The van der Waals surface area contributed by atoms with Crippen molar-refractivity contribution in [2.24, 2.45) is 17.3 Å². The van der Waals surface area contributed by atoms with Crippen LogP contribution in [0, 0.1) is 35.5 Å². The molecule has 71 heavy (non-hydrogen) atoms. The quantitative estimate of drug-likeness (QED) is 0.0517. The minimum absolute atomic E-state index is 0.0181. The third-order valence-electron chi connectivity index (χ3n) is 12.3. The second kappa shape index (κ2) is 23.6. The summed E-state index contributed by atoms with van der Waals surface area (Å²) in [5.74, 6) is -2.63. The number of thiazole rings is 1. The second-order valence-corrected chi connectivity index (χ2v) is 20.1. The van der Waals surface area contributed by atoms with E-state index in [1.54, 1.807) is 59.9 Å². The minimum atomic E-state index is -4.81. The van der Waals surface area contributed by atoms with Gasteiger partial charge in [0, 0.05) is 31.4 Å². The summed E-state index contributed by atoms with van der Waals surface area (Å²) in [6, 6.07) is 18.2. The number of carbonyl (C=O) groups is 4. The fourth-order valence-corrected chi connectivity index (χ4v) is 9.87. The molecule has 1 aromatic heterocycles. The molecule has 2 unspecified atom stereocenters. The molecule has 2 aliphatic rings. The van der Waals surface area contributed by atoms with Crippen LogP contribution < -0.4 is 25.2 Å². The smallest absolute Gasteiger partial charge is 0.417 e. The number of ketones is 1. The molecule has 15 nitrogen and oxygen atoms in total. The average Bonchev–Trinajstić information content (AvgIpc) is 3.99. The number of thiocarbonyl (C=S) groups is 1. The van der Waals surface area contributed by atoms with Gasteiger partial charge in [0.1, 0.15) is 24.5 Å². The number of hydrogen-bond acceptors (Lipinski definition) is 13. The Morgan fingerprint density at radius 2 is 1.56 bits per heavy atom. The summed E-state index contributed by atoms with van der Waals surface area (Å²) in [5.41, 5.74) is 1.47. The molecule has 1 aliphatic heterocycles. The number of carbonyl (C=O) groups excluding carboxylic acids is 4. The number of aliphatic hydroxyl groups excluding tert-OH is 1. The number of ether oxygens (including phenoxy) is 4. The van der Waals surface area contributed by atoms with Crippen LogP contribution in [0.5, 0.6) is 5.75 Å². The lowest BCUT2D eigenvalue weighted by Gasteiger charge is -2.33. The lowest BCUT2D eigenvalue weighted by Crippen LogP contribution is -2.53. The number of hydrogen-bond donors (Lipinski definition) is 3. The van der Waals surface area contributed by atoms with E-state index in [-0.39, 0.29) is 68.3 Å². The molecule has 1 saturated carbocycles. The maximum absolute atomic E-state index is 14.0. The van der Waals surface area contributed by atoms with Crippen LogP contribution in [-0.2, 0) is 46.1 Å². The van der Waals surface area contributed by atoms with E-state index < -0.39 is 64.1 Å². The third kappa shape index (κ3) is 13.6. The summed E-state index contributed by atoms with van der Waals surface area (Å²) in [7, 11) is 0. The lowest BCUT2D eigenvalue weighted by atomic mass is 9.77. The van der Waals surface area contributed by atoms with Gasteiger partial charge in [0.05, 0.1) is 76.8 Å². The molecular formula is C51H59F3N6O9S2. The highest BCUT2D eigenvalue weighted by Crippen LogP contribution is 2.41. The number of Topliss-reactive ketones (excluding diaryl/α,β-unsaturated/α-hetero) is 1. The van der Waals surface area contributed by atoms with Gasteiger partial charge >= 0.3 is 6.18 Å². The number of aromatic nitrogens is 1. The number of aryl methyl sites for hydroxylation is 1. The largest absolute Gasteiger partial charge is 0.491 e. The molecule has 6 rings (SSSR count). The topological polar surface area (TPSA) is 193 Å². The fraction of sp³-hybridized carbons (Fsp3) is 0.471. The van der Waals surface area contributed by atoms with E-state index in [9.17, 15) is 42.7 Å². The van der Waals surface area contributed by atoms with E-state index in [1.807, 2.05) is 52.0 Å². The number of benzene rings is 3. The number of nitriles is 1. The van der Waals surface area contributed by atoms with E-state index in [1.165, 1.54) is 12.1 Å². The van der Waals surface area contributed by atoms with Gasteiger partial charge in [0.25, 0.3) is 5.91 Å². The van der Waals surface area contributed by atoms with Crippen molar-refractivity contribution >= 4 is 63.5 Å². The Bertz CT molecular complexity index is 2580. The first kappa shape index (κ1) is 54.5. The summed E-state index contributed by atoms with van der Waals surface area (Å²) < 4.78 is 63.7. The zero-order valence-electron chi connectivity index (χ0n) is 40.5. The molecule has 4 atom stereocenters. The van der Waals surface area contributed by atoms with Gasteiger partial charge in [-0.15, -0.1) is 11.3 Å². The molecule has 2 fully saturated rings. The Kier molecular flexibility index (Phi) is 18.1. The van der Waals surface area contributed by atoms with E-state index in [0.29, 0.717) is 37.7 Å². The maximum atomic E-state index is 14.0. The summed E-state index contributed by atoms with van der Waals surface area (Å²) >= 11 is 7.17. The highest BCUT2D eigenvalue weighted by molar-refractivity contribution is 7.81. The standard InChI is InChI=1S/C51H59F3N6O9S2/c1-31-44(71-30-57-31)33-10-8-32(9-11-33)28-56-46(64)40-26-37(61)25-39(40)43(63)45(49(2,3)4)58-42(62)29-68-19-7-18-66-20-21-67-22-23-69-38-16-14-35(15-17-38)60-48(70)59(47(65)50(60,5)6)36-13-12-34(27-55)41(24-36)51(52,53)54/h8-17,24,30,37,39-40,45,61H,7,18-23,25-26,28-29H2,1-6H3,(H,56,64)(H,58,62)/t37-,39?,40+,45?/m0/s1. The molecule has 3 aromatic carbocycles. The van der Waals surface area contributed by atoms with Crippen LogP contribution in [0.1, 0.15) is 76.3 Å². The van der Waals surface area contributed by atoms with Gasteiger partial charge in [0.2, 0.25) is 11.8 Å². The van der Waals surface area contributed by atoms with Gasteiger partial charge in [0.15, 0.2) is 10.9 Å². The fourth-order valence-electron chi connectivity index (χ4n) is 8.54. The molecule has 4 aromatic rings. The van der Waals surface area contributed by atoms with Crippen molar-refractivity contribution in [3.63, 3.8) is 0 Å². The predicted octanol–water partition coefficient (Wildman–Crippen LogP) is 7.55. The highest BCUT2D eigenvalue weighted by Gasteiger charge is 2.51. The first-order valence-corrected chi connectivity index (χ1v) is 24.4. The van der Waals surface area contributed by atoms with E-state index in [0.717, 1.165) is 38.7 Å². The Balaban J connectivity index is 0.851. The second-order valence-electron chi connectivity index (χ2n) is 18.9. The van der Waals surface area contributed by atoms with Crippen LogP contribution in [0.15, 0.2) is 72.2 Å². The molecule has 0 radical (unpaired) electrons. The van der Waals surface area contributed by atoms with Crippen LogP contribution in [0.3, 0.4) is 0 Å². The molecule has 1 aliphatic carbocycles. The first-order valence-electron chi connectivity index (χ1n) is 23.2. The lowest BCUT2D eigenvalue weighted by molar-refractivity contribution is -0.138. The average molecular weight is 1020 g/mol. The third-order valence-corrected chi connectivity index (χ3v) is 13.6. The number of amides is 3. The van der Waals surface area contributed by atoms with Gasteiger partial charge in [-0.1, -0.05) is 45.0 Å². The molecule has 1 saturated heterocycles. The number of alkyl halides is 3. The van der Waals surface area contributed by atoms with Crippen molar-refractivity contribution < 1.29 is 56.4 Å². The van der Waals surface area contributed by atoms with Crippen molar-refractivity contribution in [2.45, 2.75) is 91.2 Å². The van der Waals surface area contributed by atoms with Crippen molar-refractivity contribution in [3.05, 3.63) is 94.6 Å². The SMILES string of the molecule is Cc1ncsc1-c1ccc(CNC(=O)[C@@H]2C[C@@H](O)CC2C(=O)C(NC(=O)COCCCOCCOCCOc2ccc(N3C(=S)N(c4ccc(C#N)c(C(F)(F)F)c4)C(=O)C3(C)C)cc2)C(C)(C)C)cc1. The molecule has 0 spiro atoms. The Labute approximate surface area is 420 Å². The number of nitrogens with one attached hydrogen (secondary N) is 2. The molecule has 380 valence electrons. The predicted molar refractivity (Wildman–Crippen MR) is 265 cm³/mol. The zero-order chi connectivity index (χ0) is 51.7. The van der Waals surface area contributed by atoms with Crippen molar-refractivity contribution in [1.29, 1.82) is 5.26 Å². The van der Waals surface area contributed by atoms with Gasteiger partial charge < -0.3 is 39.6 Å². The molecule has 3 amide bonds. The summed E-state index contributed by atoms with van der Waals surface area (Å²) in [6.45, 7) is 12.4. The summed E-state index contributed by atoms with van der Waals surface area (Å²) in [4.78, 5) is 62.0. The number of aliphatic hydroxyl groups is 1. The van der Waals surface area contributed by atoms with Gasteiger partial charge in [-0.3, -0.25) is 24.1 Å². The summed E-state index contributed by atoms with van der Waals surface area (Å²) in [6.07, 6.45) is -4.85. The van der Waals surface area contributed by atoms with Gasteiger partial charge in [-0.2, -0.15) is 18.4 Å². The Hall–Kier alpha value is -5.82. The zero-order valence-corrected chi connectivity index (χ0v) is 42.1. The highest BCUT2D eigenvalue weighted by atomic mass is 32.1. The van der Waals surface area contributed by atoms with Gasteiger partial charge in [-0.25, -0.2) is 4.98 Å². The van der Waals surface area contributed by atoms with E-state index in [2.05, 4.69) is 15.6 Å². The number of nitrogens with zero attached hydrogens (tertiary/aromatic N) is 4. The van der Waals surface area contributed by atoms with Crippen LogP contribution >= 0.6 is 23.6 Å². The van der Waals surface area contributed by atoms with Crippen LogP contribution in [0.4, 0.5) is 24.5 Å². The maximum Gasteiger partial charge on any atom is 0.417 e. The van der Waals surface area contributed by atoms with Crippen LogP contribution in [0.25, 0.3) is 10.4 Å². The normalized spacial score (nSPS) is 18.4. The van der Waals surface area contributed by atoms with E-state index >= 15 is 0 Å². The molecule has 2 heterocycles. The minimum Gasteiger partial charge on any atom is -0.491 e. The summed E-state index contributed by atoms with van der Waals surface area (Å²) in [5, 5.41) is 25.5. The number of anilines is 2. The van der Waals surface area contributed by atoms with Crippen LogP contribution in [0.2, 0.25) is 0 Å². The van der Waals surface area contributed by atoms with Crippen molar-refractivity contribution in [3.8, 4) is 22.3 Å². The molecule has 0 bridgehead atoms. The number of rotatable bonds is 22. The molecule has 3 N–H and O–H groups in total. The first-order chi connectivity index (χ1) is 33.6. The van der Waals surface area contributed by atoms with E-state index in [4.69, 9.17) is 31.2 Å². The Morgan fingerprint density at radius 3 is 2.20 bits per heavy atom.